The Morgan fingerprint density at radius 2 is 2.20 bits per heavy atom. The van der Waals surface area contributed by atoms with Crippen molar-refractivity contribution < 1.29 is 9.90 Å². The smallest absolute Gasteiger partial charge is 0.253 e. The van der Waals surface area contributed by atoms with Crippen LogP contribution < -0.4 is 5.32 Å². The molecule has 1 aromatic rings. The average molecular weight is 209 g/mol. The number of hydrogen-bond donors (Lipinski definition) is 2. The van der Waals surface area contributed by atoms with Crippen LogP contribution in [0.1, 0.15) is 28.7 Å². The van der Waals surface area contributed by atoms with Gasteiger partial charge in [-0.05, 0) is 26.8 Å². The van der Waals surface area contributed by atoms with Crippen molar-refractivity contribution in [1.82, 2.24) is 15.5 Å². The molecule has 2 N–H and O–H groups in total. The summed E-state index contributed by atoms with van der Waals surface area (Å²) in [6.45, 7) is 5.35. The lowest BCUT2D eigenvalue weighted by molar-refractivity contribution is 0.0922. The predicted octanol–water partition coefficient (Wildman–Crippen LogP) is 0.204. The molecule has 0 bridgehead atoms. The van der Waals surface area contributed by atoms with Gasteiger partial charge in [-0.1, -0.05) is 0 Å². The van der Waals surface area contributed by atoms with Crippen LogP contribution in [0, 0.1) is 13.8 Å². The zero-order chi connectivity index (χ0) is 11.4. The largest absolute Gasteiger partial charge is 0.392 e. The monoisotopic (exact) mass is 209 g/mol. The number of nitrogens with one attached hydrogen (secondary N) is 1. The summed E-state index contributed by atoms with van der Waals surface area (Å²) in [5, 5.41) is 19.3. The number of aliphatic hydroxyl groups excluding tert-OH is 1. The molecule has 15 heavy (non-hydrogen) atoms. The summed E-state index contributed by atoms with van der Waals surface area (Å²) < 4.78 is 0. The van der Waals surface area contributed by atoms with E-state index >= 15 is 0 Å². The van der Waals surface area contributed by atoms with Gasteiger partial charge in [-0.2, -0.15) is 10.2 Å². The molecule has 0 saturated carbocycles. The van der Waals surface area contributed by atoms with E-state index in [0.717, 1.165) is 0 Å². The highest BCUT2D eigenvalue weighted by Crippen LogP contribution is 2.04. The Morgan fingerprint density at radius 3 is 2.80 bits per heavy atom. The maximum absolute atomic E-state index is 11.6. The number of aryl methyl sites for hydroxylation is 2. The fraction of sp³-hybridized carbons (Fsp3) is 0.500. The van der Waals surface area contributed by atoms with Gasteiger partial charge in [0.25, 0.3) is 5.91 Å². The Morgan fingerprint density at radius 1 is 1.53 bits per heavy atom. The first-order valence-electron chi connectivity index (χ1n) is 4.78. The van der Waals surface area contributed by atoms with Crippen molar-refractivity contribution in [2.24, 2.45) is 0 Å². The van der Waals surface area contributed by atoms with Crippen LogP contribution in [0.2, 0.25) is 0 Å². The van der Waals surface area contributed by atoms with E-state index in [1.807, 2.05) is 0 Å². The van der Waals surface area contributed by atoms with E-state index in [1.165, 1.54) is 0 Å². The van der Waals surface area contributed by atoms with Crippen LogP contribution in [0.25, 0.3) is 0 Å². The number of carbonyl (C=O) groups excluding carboxylic acids is 1. The van der Waals surface area contributed by atoms with E-state index in [9.17, 15) is 4.79 Å². The minimum Gasteiger partial charge on any atom is -0.392 e. The third kappa shape index (κ3) is 3.28. The van der Waals surface area contributed by atoms with E-state index in [0.29, 0.717) is 17.0 Å². The van der Waals surface area contributed by atoms with Crippen LogP contribution >= 0.6 is 0 Å². The SMILES string of the molecule is Cc1cc(C(=O)NCC(C)O)c(C)nn1. The normalized spacial score (nSPS) is 12.3. The topological polar surface area (TPSA) is 75.1 Å². The molecular formula is C10H15N3O2. The Balaban J connectivity index is 2.77. The molecule has 5 heteroatoms. The van der Waals surface area contributed by atoms with Crippen molar-refractivity contribution in [2.45, 2.75) is 26.9 Å². The highest BCUT2D eigenvalue weighted by Gasteiger charge is 2.11. The van der Waals surface area contributed by atoms with Gasteiger partial charge in [0.15, 0.2) is 0 Å². The molecule has 0 fully saturated rings. The first kappa shape index (κ1) is 11.6. The molecular weight excluding hydrogens is 194 g/mol. The van der Waals surface area contributed by atoms with Crippen LogP contribution in [-0.2, 0) is 0 Å². The van der Waals surface area contributed by atoms with Crippen molar-refractivity contribution in [1.29, 1.82) is 0 Å². The summed E-state index contributed by atoms with van der Waals surface area (Å²) >= 11 is 0. The number of aliphatic hydroxyl groups is 1. The van der Waals surface area contributed by atoms with Crippen molar-refractivity contribution in [3.63, 3.8) is 0 Å². The molecule has 1 unspecified atom stereocenters. The molecule has 0 saturated heterocycles. The number of carbonyl (C=O) groups is 1. The van der Waals surface area contributed by atoms with Gasteiger partial charge in [0.1, 0.15) is 0 Å². The molecule has 0 aromatic carbocycles. The average Bonchev–Trinajstić information content (AvgIpc) is 2.18. The molecule has 0 aliphatic heterocycles. The molecule has 1 amide bonds. The van der Waals surface area contributed by atoms with Gasteiger partial charge in [-0.25, -0.2) is 0 Å². The highest BCUT2D eigenvalue weighted by atomic mass is 16.3. The van der Waals surface area contributed by atoms with Crippen LogP contribution in [-0.4, -0.2) is 33.9 Å². The number of hydrogen-bond acceptors (Lipinski definition) is 4. The zero-order valence-electron chi connectivity index (χ0n) is 9.11. The second-order valence-corrected chi connectivity index (χ2v) is 3.54. The Labute approximate surface area is 88.5 Å². The van der Waals surface area contributed by atoms with Gasteiger partial charge in [0.05, 0.1) is 23.1 Å². The second-order valence-electron chi connectivity index (χ2n) is 3.54. The van der Waals surface area contributed by atoms with Gasteiger partial charge in [-0.3, -0.25) is 4.79 Å². The molecule has 82 valence electrons. The quantitative estimate of drug-likeness (QED) is 0.746. The molecule has 0 aliphatic rings. The third-order valence-corrected chi connectivity index (χ3v) is 1.90. The molecule has 1 rings (SSSR count). The summed E-state index contributed by atoms with van der Waals surface area (Å²) in [5.74, 6) is -0.230. The lowest BCUT2D eigenvalue weighted by Gasteiger charge is -2.08. The molecule has 0 radical (unpaired) electrons. The lowest BCUT2D eigenvalue weighted by Crippen LogP contribution is -2.31. The fourth-order valence-corrected chi connectivity index (χ4v) is 1.12. The molecule has 0 aliphatic carbocycles. The maximum Gasteiger partial charge on any atom is 0.253 e. The first-order valence-corrected chi connectivity index (χ1v) is 4.78. The minimum atomic E-state index is -0.551. The number of nitrogens with zero attached hydrogens (tertiary/aromatic N) is 2. The highest BCUT2D eigenvalue weighted by molar-refractivity contribution is 5.95. The van der Waals surface area contributed by atoms with Crippen molar-refractivity contribution in [2.75, 3.05) is 6.54 Å². The van der Waals surface area contributed by atoms with Gasteiger partial charge >= 0.3 is 0 Å². The first-order chi connectivity index (χ1) is 7.00. The van der Waals surface area contributed by atoms with Crippen LogP contribution in [0.4, 0.5) is 0 Å². The lowest BCUT2D eigenvalue weighted by atomic mass is 10.2. The Hall–Kier alpha value is -1.49. The number of amides is 1. The molecule has 1 aromatic heterocycles. The molecule has 0 spiro atoms. The summed E-state index contributed by atoms with van der Waals surface area (Å²) in [5.41, 5.74) is 1.79. The minimum absolute atomic E-state index is 0.230. The van der Waals surface area contributed by atoms with Crippen LogP contribution in [0.5, 0.6) is 0 Å². The fourth-order valence-electron chi connectivity index (χ4n) is 1.12. The van der Waals surface area contributed by atoms with Gasteiger partial charge in [-0.15, -0.1) is 0 Å². The summed E-state index contributed by atoms with van der Waals surface area (Å²) in [6, 6.07) is 1.68. The van der Waals surface area contributed by atoms with Crippen molar-refractivity contribution in [3.05, 3.63) is 23.0 Å². The molecule has 1 heterocycles. The van der Waals surface area contributed by atoms with Crippen molar-refractivity contribution >= 4 is 5.91 Å². The summed E-state index contributed by atoms with van der Waals surface area (Å²) in [6.07, 6.45) is -0.551. The zero-order valence-corrected chi connectivity index (χ0v) is 9.11. The number of aromatic nitrogens is 2. The van der Waals surface area contributed by atoms with E-state index < -0.39 is 6.10 Å². The van der Waals surface area contributed by atoms with E-state index in [-0.39, 0.29) is 12.5 Å². The van der Waals surface area contributed by atoms with Gasteiger partial charge < -0.3 is 10.4 Å². The van der Waals surface area contributed by atoms with Gasteiger partial charge in [0, 0.05) is 6.54 Å². The van der Waals surface area contributed by atoms with Crippen LogP contribution in [0.3, 0.4) is 0 Å². The van der Waals surface area contributed by atoms with Crippen molar-refractivity contribution in [3.8, 4) is 0 Å². The number of rotatable bonds is 3. The Kier molecular flexibility index (Phi) is 3.74. The van der Waals surface area contributed by atoms with E-state index in [1.54, 1.807) is 26.8 Å². The molecule has 1 atom stereocenters. The van der Waals surface area contributed by atoms with E-state index in [4.69, 9.17) is 5.11 Å². The second kappa shape index (κ2) is 4.84. The van der Waals surface area contributed by atoms with Crippen LogP contribution in [0.15, 0.2) is 6.07 Å². The summed E-state index contributed by atoms with van der Waals surface area (Å²) in [7, 11) is 0. The van der Waals surface area contributed by atoms with E-state index in [2.05, 4.69) is 15.5 Å². The Bertz CT molecular complexity index is 364. The predicted molar refractivity (Wildman–Crippen MR) is 55.5 cm³/mol. The maximum atomic E-state index is 11.6. The van der Waals surface area contributed by atoms with Gasteiger partial charge in [0.2, 0.25) is 0 Å². The standard InChI is InChI=1S/C10H15N3O2/c1-6-4-9(8(3)13-12-6)10(15)11-5-7(2)14/h4,7,14H,5H2,1-3H3,(H,11,15). The summed E-state index contributed by atoms with van der Waals surface area (Å²) in [4.78, 5) is 11.6. The molecule has 5 nitrogen and oxygen atoms in total. The third-order valence-electron chi connectivity index (χ3n) is 1.90.